The highest BCUT2D eigenvalue weighted by Gasteiger charge is 2.12. The summed E-state index contributed by atoms with van der Waals surface area (Å²) in [4.78, 5) is 8.78. The standard InChI is InChI=1S/C12H14BrClN4/c1-3-5-18-7-8(6-15-18)12-16-9(4-2)10(13)11(14)17-12/h6-7H,3-5H2,1-2H3. The Morgan fingerprint density at radius 2 is 2.11 bits per heavy atom. The van der Waals surface area contributed by atoms with Gasteiger partial charge < -0.3 is 0 Å². The van der Waals surface area contributed by atoms with E-state index in [1.807, 2.05) is 17.8 Å². The quantitative estimate of drug-likeness (QED) is 0.803. The maximum absolute atomic E-state index is 6.09. The number of aromatic nitrogens is 4. The van der Waals surface area contributed by atoms with E-state index in [4.69, 9.17) is 11.6 Å². The summed E-state index contributed by atoms with van der Waals surface area (Å²) in [6.45, 7) is 5.04. The van der Waals surface area contributed by atoms with E-state index in [0.29, 0.717) is 11.0 Å². The smallest absolute Gasteiger partial charge is 0.164 e. The molecule has 4 nitrogen and oxygen atoms in total. The van der Waals surface area contributed by atoms with Gasteiger partial charge in [-0.05, 0) is 28.8 Å². The number of halogens is 2. The zero-order chi connectivity index (χ0) is 13.1. The van der Waals surface area contributed by atoms with Gasteiger partial charge in [0.1, 0.15) is 5.15 Å². The molecule has 6 heteroatoms. The van der Waals surface area contributed by atoms with Gasteiger partial charge in [0.15, 0.2) is 5.82 Å². The van der Waals surface area contributed by atoms with Crippen molar-refractivity contribution >= 4 is 27.5 Å². The van der Waals surface area contributed by atoms with E-state index in [-0.39, 0.29) is 0 Å². The highest BCUT2D eigenvalue weighted by Crippen LogP contribution is 2.27. The first kappa shape index (κ1) is 13.5. The normalized spacial score (nSPS) is 10.9. The number of aryl methyl sites for hydroxylation is 2. The maximum Gasteiger partial charge on any atom is 0.164 e. The van der Waals surface area contributed by atoms with Crippen LogP contribution in [0.1, 0.15) is 26.0 Å². The van der Waals surface area contributed by atoms with Crippen molar-refractivity contribution < 1.29 is 0 Å². The molecule has 0 atom stereocenters. The molecule has 18 heavy (non-hydrogen) atoms. The fourth-order valence-corrected chi connectivity index (χ4v) is 2.30. The van der Waals surface area contributed by atoms with E-state index in [9.17, 15) is 0 Å². The molecule has 0 aliphatic rings. The highest BCUT2D eigenvalue weighted by atomic mass is 79.9. The molecule has 0 aromatic carbocycles. The Morgan fingerprint density at radius 1 is 1.33 bits per heavy atom. The lowest BCUT2D eigenvalue weighted by Crippen LogP contribution is -1.97. The van der Waals surface area contributed by atoms with Crippen molar-refractivity contribution in [1.82, 2.24) is 19.7 Å². The molecule has 2 rings (SSSR count). The molecular weight excluding hydrogens is 316 g/mol. The summed E-state index contributed by atoms with van der Waals surface area (Å²) in [6.07, 6.45) is 5.57. The van der Waals surface area contributed by atoms with Crippen molar-refractivity contribution in [3.05, 3.63) is 27.7 Å². The van der Waals surface area contributed by atoms with Crippen LogP contribution < -0.4 is 0 Å². The van der Waals surface area contributed by atoms with E-state index in [1.54, 1.807) is 6.20 Å². The van der Waals surface area contributed by atoms with Crippen LogP contribution in [0.2, 0.25) is 5.15 Å². The average Bonchev–Trinajstić information content (AvgIpc) is 2.81. The van der Waals surface area contributed by atoms with Crippen molar-refractivity contribution in [3.8, 4) is 11.4 Å². The zero-order valence-electron chi connectivity index (χ0n) is 10.3. The molecule has 0 N–H and O–H groups in total. The molecule has 0 radical (unpaired) electrons. The van der Waals surface area contributed by atoms with Crippen molar-refractivity contribution in [1.29, 1.82) is 0 Å². The third-order valence-corrected chi connectivity index (χ3v) is 3.89. The van der Waals surface area contributed by atoms with Crippen molar-refractivity contribution in [3.63, 3.8) is 0 Å². The summed E-state index contributed by atoms with van der Waals surface area (Å²) in [5.41, 5.74) is 1.81. The maximum atomic E-state index is 6.09. The molecule has 0 aliphatic carbocycles. The summed E-state index contributed by atoms with van der Waals surface area (Å²) in [5, 5.41) is 4.72. The zero-order valence-corrected chi connectivity index (χ0v) is 12.7. The fourth-order valence-electron chi connectivity index (χ4n) is 1.66. The van der Waals surface area contributed by atoms with Crippen molar-refractivity contribution in [2.75, 3.05) is 0 Å². The molecule has 0 fully saturated rings. The summed E-state index contributed by atoms with van der Waals surface area (Å²) in [7, 11) is 0. The van der Waals surface area contributed by atoms with E-state index >= 15 is 0 Å². The Hall–Kier alpha value is -0.940. The summed E-state index contributed by atoms with van der Waals surface area (Å²) in [6, 6.07) is 0. The number of rotatable bonds is 4. The predicted molar refractivity (Wildman–Crippen MR) is 75.6 cm³/mol. The molecule has 2 aromatic rings. The second-order valence-electron chi connectivity index (χ2n) is 3.94. The van der Waals surface area contributed by atoms with Crippen LogP contribution in [0.4, 0.5) is 0 Å². The lowest BCUT2D eigenvalue weighted by atomic mass is 10.3. The van der Waals surface area contributed by atoms with Gasteiger partial charge in [-0.2, -0.15) is 5.10 Å². The van der Waals surface area contributed by atoms with Gasteiger partial charge in [0.25, 0.3) is 0 Å². The molecule has 0 unspecified atom stereocenters. The molecule has 0 saturated carbocycles. The molecule has 0 amide bonds. The first-order valence-corrected chi connectivity index (χ1v) is 7.07. The van der Waals surface area contributed by atoms with Gasteiger partial charge in [-0.15, -0.1) is 0 Å². The van der Waals surface area contributed by atoms with Crippen LogP contribution in [0.25, 0.3) is 11.4 Å². The lowest BCUT2D eigenvalue weighted by molar-refractivity contribution is 0.603. The van der Waals surface area contributed by atoms with Crippen LogP contribution in [-0.4, -0.2) is 19.7 Å². The predicted octanol–water partition coefficient (Wildman–Crippen LogP) is 3.73. The molecule has 0 bridgehead atoms. The minimum Gasteiger partial charge on any atom is -0.272 e. The molecule has 2 heterocycles. The molecular formula is C12H14BrClN4. The SMILES string of the molecule is CCCn1cc(-c2nc(Cl)c(Br)c(CC)n2)cn1. The minimum atomic E-state index is 0.445. The number of hydrogen-bond acceptors (Lipinski definition) is 3. The van der Waals surface area contributed by atoms with Gasteiger partial charge in [-0.1, -0.05) is 25.4 Å². The van der Waals surface area contributed by atoms with Gasteiger partial charge >= 0.3 is 0 Å². The Balaban J connectivity index is 2.40. The first-order valence-electron chi connectivity index (χ1n) is 5.90. The lowest BCUT2D eigenvalue weighted by Gasteiger charge is -2.04. The van der Waals surface area contributed by atoms with Crippen LogP contribution in [0, 0.1) is 0 Å². The minimum absolute atomic E-state index is 0.445. The highest BCUT2D eigenvalue weighted by molar-refractivity contribution is 9.10. The topological polar surface area (TPSA) is 43.6 Å². The molecule has 96 valence electrons. The Kier molecular flexibility index (Phi) is 4.35. The van der Waals surface area contributed by atoms with Gasteiger partial charge in [-0.3, -0.25) is 4.68 Å². The molecule has 0 saturated heterocycles. The van der Waals surface area contributed by atoms with E-state index in [1.165, 1.54) is 0 Å². The summed E-state index contributed by atoms with van der Waals surface area (Å²) < 4.78 is 2.66. The van der Waals surface area contributed by atoms with Crippen LogP contribution in [0.5, 0.6) is 0 Å². The molecule has 2 aromatic heterocycles. The van der Waals surface area contributed by atoms with Gasteiger partial charge in [0, 0.05) is 12.7 Å². The molecule has 0 spiro atoms. The third-order valence-electron chi connectivity index (χ3n) is 2.56. The van der Waals surface area contributed by atoms with Gasteiger partial charge in [-0.25, -0.2) is 9.97 Å². The van der Waals surface area contributed by atoms with Crippen LogP contribution in [0.3, 0.4) is 0 Å². The van der Waals surface area contributed by atoms with E-state index in [0.717, 1.165) is 35.1 Å². The number of hydrogen-bond donors (Lipinski definition) is 0. The Morgan fingerprint density at radius 3 is 2.78 bits per heavy atom. The molecule has 0 aliphatic heterocycles. The van der Waals surface area contributed by atoms with Gasteiger partial charge in [0.05, 0.1) is 21.9 Å². The van der Waals surface area contributed by atoms with Crippen LogP contribution in [-0.2, 0) is 13.0 Å². The average molecular weight is 330 g/mol. The summed E-state index contributed by atoms with van der Waals surface area (Å²) >= 11 is 9.49. The Labute approximate surface area is 120 Å². The second-order valence-corrected chi connectivity index (χ2v) is 5.10. The van der Waals surface area contributed by atoms with E-state index in [2.05, 4.69) is 37.9 Å². The van der Waals surface area contributed by atoms with Crippen LogP contribution in [0.15, 0.2) is 16.9 Å². The third kappa shape index (κ3) is 2.72. The van der Waals surface area contributed by atoms with Crippen molar-refractivity contribution in [2.45, 2.75) is 33.2 Å². The van der Waals surface area contributed by atoms with Gasteiger partial charge in [0.2, 0.25) is 0 Å². The van der Waals surface area contributed by atoms with Crippen molar-refractivity contribution in [2.24, 2.45) is 0 Å². The van der Waals surface area contributed by atoms with E-state index < -0.39 is 0 Å². The first-order chi connectivity index (χ1) is 8.65. The second kappa shape index (κ2) is 5.80. The Bertz CT molecular complexity index is 553. The fraction of sp³-hybridized carbons (Fsp3) is 0.417. The summed E-state index contributed by atoms with van der Waals surface area (Å²) in [5.74, 6) is 0.627. The largest absolute Gasteiger partial charge is 0.272 e. The van der Waals surface area contributed by atoms with Crippen LogP contribution >= 0.6 is 27.5 Å². The monoisotopic (exact) mass is 328 g/mol. The number of nitrogens with zero attached hydrogens (tertiary/aromatic N) is 4.